The molecule has 0 bridgehead atoms. The largest absolute Gasteiger partial charge is 0.359 e. The minimum Gasteiger partial charge on any atom is -0.359 e. The van der Waals surface area contributed by atoms with Crippen molar-refractivity contribution in [3.8, 4) is 0 Å². The van der Waals surface area contributed by atoms with Gasteiger partial charge in [-0.15, -0.1) is 0 Å². The van der Waals surface area contributed by atoms with E-state index < -0.39 is 0 Å². The fourth-order valence-corrected chi connectivity index (χ4v) is 3.22. The van der Waals surface area contributed by atoms with Crippen molar-refractivity contribution in [3.05, 3.63) is 107 Å². The van der Waals surface area contributed by atoms with Crippen LogP contribution in [0.3, 0.4) is 0 Å². The summed E-state index contributed by atoms with van der Waals surface area (Å²) in [6.45, 7) is 14.2. The van der Waals surface area contributed by atoms with Gasteiger partial charge in [0.2, 0.25) is 0 Å². The summed E-state index contributed by atoms with van der Waals surface area (Å²) in [5.74, 6) is 0.767. The van der Waals surface area contributed by atoms with E-state index in [1.165, 1.54) is 22.3 Å². The molecular formula is C25H28N4. The Labute approximate surface area is 173 Å². The van der Waals surface area contributed by atoms with Crippen molar-refractivity contribution in [2.45, 2.75) is 33.6 Å². The van der Waals surface area contributed by atoms with E-state index in [0.29, 0.717) is 0 Å². The predicted molar refractivity (Wildman–Crippen MR) is 122 cm³/mol. The Morgan fingerprint density at radius 2 is 1.69 bits per heavy atom. The van der Waals surface area contributed by atoms with Gasteiger partial charge in [0.25, 0.3) is 0 Å². The molecule has 0 spiro atoms. The van der Waals surface area contributed by atoms with Gasteiger partial charge in [0.05, 0.1) is 5.69 Å². The molecule has 0 amide bonds. The Kier molecular flexibility index (Phi) is 6.45. The molecule has 148 valence electrons. The van der Waals surface area contributed by atoms with Crippen molar-refractivity contribution in [2.24, 2.45) is 0 Å². The molecule has 0 aliphatic carbocycles. The first-order valence-electron chi connectivity index (χ1n) is 9.72. The Hall–Kier alpha value is -3.40. The molecule has 4 heteroatoms. The van der Waals surface area contributed by atoms with Crippen LogP contribution >= 0.6 is 0 Å². The van der Waals surface area contributed by atoms with Crippen LogP contribution in [0.15, 0.2) is 79.4 Å². The van der Waals surface area contributed by atoms with Crippen LogP contribution in [-0.2, 0) is 12.8 Å². The zero-order valence-corrected chi connectivity index (χ0v) is 17.4. The van der Waals surface area contributed by atoms with Gasteiger partial charge in [-0.1, -0.05) is 49.1 Å². The molecule has 0 saturated carbocycles. The number of aromatic nitrogens is 2. The lowest BCUT2D eigenvalue weighted by atomic mass is 10.0. The molecule has 0 saturated heterocycles. The molecule has 4 nitrogen and oxygen atoms in total. The summed E-state index contributed by atoms with van der Waals surface area (Å²) < 4.78 is 0. The summed E-state index contributed by atoms with van der Waals surface area (Å²) >= 11 is 0. The monoisotopic (exact) mass is 384 g/mol. The highest BCUT2D eigenvalue weighted by Gasteiger charge is 2.04. The second-order valence-electron chi connectivity index (χ2n) is 7.51. The standard InChI is InChI=1S/C25H28N4/c1-17(2)28-25-15-24(26-16-27-25)14-21-7-10-23(11-8-21)29-20(5)13-22-9-6-18(3)12-19(22)4/h6-12,15-16,29H,1,5,13-14H2,2-4H3,(H,26,27,28). The topological polar surface area (TPSA) is 49.8 Å². The van der Waals surface area contributed by atoms with Gasteiger partial charge in [-0.25, -0.2) is 9.97 Å². The molecule has 2 aromatic carbocycles. The highest BCUT2D eigenvalue weighted by Crippen LogP contribution is 2.18. The number of benzene rings is 2. The number of rotatable bonds is 8. The summed E-state index contributed by atoms with van der Waals surface area (Å²) in [4.78, 5) is 8.57. The predicted octanol–water partition coefficient (Wildman–Crippen LogP) is 5.80. The van der Waals surface area contributed by atoms with E-state index in [9.17, 15) is 0 Å². The van der Waals surface area contributed by atoms with E-state index in [-0.39, 0.29) is 0 Å². The van der Waals surface area contributed by atoms with Crippen molar-refractivity contribution in [2.75, 3.05) is 10.6 Å². The lowest BCUT2D eigenvalue weighted by Crippen LogP contribution is -2.03. The van der Waals surface area contributed by atoms with Crippen molar-refractivity contribution >= 4 is 11.5 Å². The number of allylic oxidation sites excluding steroid dienone is 2. The summed E-state index contributed by atoms with van der Waals surface area (Å²) in [6.07, 6.45) is 3.14. The van der Waals surface area contributed by atoms with Crippen LogP contribution in [0.4, 0.5) is 11.5 Å². The molecule has 1 aromatic heterocycles. The van der Waals surface area contributed by atoms with Crippen molar-refractivity contribution < 1.29 is 0 Å². The average molecular weight is 385 g/mol. The van der Waals surface area contributed by atoms with E-state index >= 15 is 0 Å². The summed E-state index contributed by atoms with van der Waals surface area (Å²) in [6, 6.07) is 16.9. The molecule has 3 aromatic rings. The highest BCUT2D eigenvalue weighted by atomic mass is 15.0. The van der Waals surface area contributed by atoms with Crippen LogP contribution in [-0.4, -0.2) is 9.97 Å². The molecule has 0 aliphatic heterocycles. The van der Waals surface area contributed by atoms with Gasteiger partial charge in [-0.3, -0.25) is 0 Å². The molecule has 1 heterocycles. The number of nitrogens with one attached hydrogen (secondary N) is 2. The molecule has 0 fully saturated rings. The first-order chi connectivity index (χ1) is 13.9. The SMILES string of the molecule is C=C(C)Nc1cc(Cc2ccc(NC(=C)Cc3ccc(C)cc3C)cc2)ncn1. The van der Waals surface area contributed by atoms with E-state index in [4.69, 9.17) is 0 Å². The van der Waals surface area contributed by atoms with Gasteiger partial charge in [0.1, 0.15) is 12.1 Å². The summed E-state index contributed by atoms with van der Waals surface area (Å²) in [5.41, 5.74) is 8.91. The van der Waals surface area contributed by atoms with Gasteiger partial charge in [0.15, 0.2) is 0 Å². The third-order valence-corrected chi connectivity index (χ3v) is 4.63. The Bertz CT molecular complexity index is 1020. The molecule has 2 N–H and O–H groups in total. The number of aryl methyl sites for hydroxylation is 2. The third-order valence-electron chi connectivity index (χ3n) is 4.63. The third kappa shape index (κ3) is 6.04. The fraction of sp³-hybridized carbons (Fsp3) is 0.200. The minimum absolute atomic E-state index is 0.747. The molecule has 0 aliphatic rings. The van der Waals surface area contributed by atoms with Crippen LogP contribution in [0, 0.1) is 13.8 Å². The normalized spacial score (nSPS) is 10.4. The van der Waals surface area contributed by atoms with E-state index in [0.717, 1.165) is 41.4 Å². The van der Waals surface area contributed by atoms with E-state index in [1.807, 2.05) is 13.0 Å². The molecule has 29 heavy (non-hydrogen) atoms. The van der Waals surface area contributed by atoms with Crippen LogP contribution in [0.25, 0.3) is 0 Å². The molecular weight excluding hydrogens is 356 g/mol. The Balaban J connectivity index is 1.60. The minimum atomic E-state index is 0.747. The van der Waals surface area contributed by atoms with Gasteiger partial charge < -0.3 is 10.6 Å². The van der Waals surface area contributed by atoms with E-state index in [2.05, 4.69) is 90.1 Å². The molecule has 0 unspecified atom stereocenters. The second kappa shape index (κ2) is 9.20. The lowest BCUT2D eigenvalue weighted by molar-refractivity contribution is 1.03. The number of nitrogens with zero attached hydrogens (tertiary/aromatic N) is 2. The average Bonchev–Trinajstić information content (AvgIpc) is 2.65. The van der Waals surface area contributed by atoms with Gasteiger partial charge in [-0.2, -0.15) is 0 Å². The first kappa shape index (κ1) is 20.3. The smallest absolute Gasteiger partial charge is 0.133 e. The maximum absolute atomic E-state index is 4.36. The number of anilines is 2. The van der Waals surface area contributed by atoms with Crippen molar-refractivity contribution in [3.63, 3.8) is 0 Å². The Morgan fingerprint density at radius 3 is 2.38 bits per heavy atom. The van der Waals surface area contributed by atoms with Gasteiger partial charge >= 0.3 is 0 Å². The maximum Gasteiger partial charge on any atom is 0.133 e. The summed E-state index contributed by atoms with van der Waals surface area (Å²) in [5, 5.41) is 6.54. The number of hydrogen-bond acceptors (Lipinski definition) is 4. The highest BCUT2D eigenvalue weighted by molar-refractivity contribution is 5.50. The fourth-order valence-electron chi connectivity index (χ4n) is 3.22. The van der Waals surface area contributed by atoms with E-state index in [1.54, 1.807) is 6.33 Å². The Morgan fingerprint density at radius 1 is 0.931 bits per heavy atom. The van der Waals surface area contributed by atoms with Gasteiger partial charge in [0, 0.05) is 36.0 Å². The zero-order valence-electron chi connectivity index (χ0n) is 17.4. The van der Waals surface area contributed by atoms with Crippen molar-refractivity contribution in [1.29, 1.82) is 0 Å². The molecule has 0 atom stereocenters. The molecule has 3 rings (SSSR count). The maximum atomic E-state index is 4.36. The van der Waals surface area contributed by atoms with Crippen LogP contribution in [0.1, 0.15) is 34.9 Å². The lowest BCUT2D eigenvalue weighted by Gasteiger charge is -2.13. The zero-order chi connectivity index (χ0) is 20.8. The summed E-state index contributed by atoms with van der Waals surface area (Å²) in [7, 11) is 0. The van der Waals surface area contributed by atoms with Crippen LogP contribution < -0.4 is 10.6 Å². The molecule has 0 radical (unpaired) electrons. The van der Waals surface area contributed by atoms with Crippen LogP contribution in [0.5, 0.6) is 0 Å². The van der Waals surface area contributed by atoms with Crippen LogP contribution in [0.2, 0.25) is 0 Å². The quantitative estimate of drug-likeness (QED) is 0.515. The number of hydrogen-bond donors (Lipinski definition) is 2. The van der Waals surface area contributed by atoms with Gasteiger partial charge in [-0.05, 0) is 49.6 Å². The second-order valence-corrected chi connectivity index (χ2v) is 7.51. The van der Waals surface area contributed by atoms with Crippen molar-refractivity contribution in [1.82, 2.24) is 9.97 Å². The first-order valence-corrected chi connectivity index (χ1v) is 9.72.